The molecule has 2 fully saturated rings. The van der Waals surface area contributed by atoms with Crippen molar-refractivity contribution in [2.45, 2.75) is 45.2 Å². The Morgan fingerprint density at radius 3 is 2.62 bits per heavy atom. The van der Waals surface area contributed by atoms with Crippen molar-refractivity contribution in [3.63, 3.8) is 0 Å². The Kier molecular flexibility index (Phi) is 9.25. The molecule has 1 aromatic rings. The highest BCUT2D eigenvalue weighted by molar-refractivity contribution is 5.28. The number of ether oxygens (including phenoxy) is 2. The fraction of sp³-hybridized carbons (Fsp3) is 0.750. The average molecular weight is 404 g/mol. The van der Waals surface area contributed by atoms with Crippen LogP contribution in [-0.2, 0) is 11.3 Å². The Morgan fingerprint density at radius 2 is 1.90 bits per heavy atom. The highest BCUT2D eigenvalue weighted by Crippen LogP contribution is 2.24. The molecule has 0 aliphatic carbocycles. The Balaban J connectivity index is 1.59. The third kappa shape index (κ3) is 6.95. The van der Waals surface area contributed by atoms with E-state index in [2.05, 4.69) is 39.8 Å². The maximum absolute atomic E-state index is 5.46. The summed E-state index contributed by atoms with van der Waals surface area (Å²) in [5.41, 5.74) is 1.36. The zero-order chi connectivity index (χ0) is 20.5. The number of likely N-dealkylation sites (tertiary alicyclic amines) is 2. The SMILES string of the molecule is CCN1CCCC1CN(Cc1cccc(OC)c1)CC1CCN(CCOC)CC1. The fourth-order valence-corrected chi connectivity index (χ4v) is 5.03. The lowest BCUT2D eigenvalue weighted by molar-refractivity contribution is 0.0964. The molecule has 5 heteroatoms. The molecule has 1 aromatic carbocycles. The van der Waals surface area contributed by atoms with Crippen molar-refractivity contribution >= 4 is 0 Å². The molecule has 0 saturated carbocycles. The summed E-state index contributed by atoms with van der Waals surface area (Å²) in [5, 5.41) is 0. The van der Waals surface area contributed by atoms with E-state index in [1.807, 2.05) is 6.07 Å². The first-order valence-corrected chi connectivity index (χ1v) is 11.5. The summed E-state index contributed by atoms with van der Waals surface area (Å²) in [6.45, 7) is 12.5. The van der Waals surface area contributed by atoms with E-state index >= 15 is 0 Å². The quantitative estimate of drug-likeness (QED) is 0.565. The van der Waals surface area contributed by atoms with Crippen molar-refractivity contribution in [2.24, 2.45) is 5.92 Å². The van der Waals surface area contributed by atoms with E-state index in [9.17, 15) is 0 Å². The molecule has 3 rings (SSSR count). The molecule has 2 aliphatic rings. The van der Waals surface area contributed by atoms with Crippen molar-refractivity contribution in [2.75, 3.05) is 66.6 Å². The van der Waals surface area contributed by atoms with Gasteiger partial charge in [0.25, 0.3) is 0 Å². The molecule has 0 spiro atoms. The number of piperidine rings is 1. The fourth-order valence-electron chi connectivity index (χ4n) is 5.03. The van der Waals surface area contributed by atoms with Gasteiger partial charge in [0.2, 0.25) is 0 Å². The second kappa shape index (κ2) is 11.9. The first-order valence-electron chi connectivity index (χ1n) is 11.5. The van der Waals surface area contributed by atoms with Crippen molar-refractivity contribution in [3.05, 3.63) is 29.8 Å². The van der Waals surface area contributed by atoms with Crippen LogP contribution in [0.2, 0.25) is 0 Å². The standard InChI is InChI=1S/C24H41N3O2/c1-4-27-12-6-8-23(27)20-26(19-22-7-5-9-24(17-22)29-3)18-21-10-13-25(14-11-21)15-16-28-2/h5,7,9,17,21,23H,4,6,8,10-16,18-20H2,1-3H3. The van der Waals surface area contributed by atoms with Gasteiger partial charge in [0, 0.05) is 39.3 Å². The van der Waals surface area contributed by atoms with E-state index in [0.29, 0.717) is 6.04 Å². The third-order valence-electron chi connectivity index (χ3n) is 6.75. The Morgan fingerprint density at radius 1 is 1.07 bits per heavy atom. The van der Waals surface area contributed by atoms with Crippen molar-refractivity contribution in [1.29, 1.82) is 0 Å². The maximum Gasteiger partial charge on any atom is 0.119 e. The first-order chi connectivity index (χ1) is 14.2. The van der Waals surface area contributed by atoms with E-state index in [-0.39, 0.29) is 0 Å². The van der Waals surface area contributed by atoms with E-state index in [1.54, 1.807) is 14.2 Å². The van der Waals surface area contributed by atoms with Gasteiger partial charge in [-0.15, -0.1) is 0 Å². The molecule has 0 bridgehead atoms. The van der Waals surface area contributed by atoms with Gasteiger partial charge in [-0.1, -0.05) is 19.1 Å². The topological polar surface area (TPSA) is 28.2 Å². The van der Waals surface area contributed by atoms with Gasteiger partial charge < -0.3 is 14.4 Å². The highest BCUT2D eigenvalue weighted by Gasteiger charge is 2.27. The van der Waals surface area contributed by atoms with Crippen LogP contribution in [0, 0.1) is 5.92 Å². The van der Waals surface area contributed by atoms with Crippen molar-refractivity contribution < 1.29 is 9.47 Å². The van der Waals surface area contributed by atoms with Crippen LogP contribution in [0.1, 0.15) is 38.2 Å². The minimum Gasteiger partial charge on any atom is -0.497 e. The molecule has 2 heterocycles. The summed E-state index contributed by atoms with van der Waals surface area (Å²) < 4.78 is 10.7. The van der Waals surface area contributed by atoms with Gasteiger partial charge in [0.1, 0.15) is 5.75 Å². The molecule has 29 heavy (non-hydrogen) atoms. The van der Waals surface area contributed by atoms with Gasteiger partial charge >= 0.3 is 0 Å². The van der Waals surface area contributed by atoms with E-state index in [4.69, 9.17) is 9.47 Å². The predicted molar refractivity (Wildman–Crippen MR) is 120 cm³/mol. The number of likely N-dealkylation sites (N-methyl/N-ethyl adjacent to an activating group) is 1. The Labute approximate surface area is 177 Å². The summed E-state index contributed by atoms with van der Waals surface area (Å²) in [7, 11) is 3.55. The Hall–Kier alpha value is -1.14. The molecule has 0 aromatic heterocycles. The van der Waals surface area contributed by atoms with Gasteiger partial charge in [0.15, 0.2) is 0 Å². The molecule has 1 unspecified atom stereocenters. The third-order valence-corrected chi connectivity index (χ3v) is 6.75. The summed E-state index contributed by atoms with van der Waals surface area (Å²) >= 11 is 0. The normalized spacial score (nSPS) is 21.9. The van der Waals surface area contributed by atoms with Crippen LogP contribution < -0.4 is 4.74 Å². The zero-order valence-corrected chi connectivity index (χ0v) is 18.8. The molecule has 0 N–H and O–H groups in total. The molecule has 164 valence electrons. The van der Waals surface area contributed by atoms with E-state index in [0.717, 1.165) is 31.4 Å². The molecule has 2 aliphatic heterocycles. The number of rotatable bonds is 11. The monoisotopic (exact) mass is 403 g/mol. The molecule has 0 radical (unpaired) electrons. The van der Waals surface area contributed by atoms with Crippen molar-refractivity contribution in [3.8, 4) is 5.75 Å². The van der Waals surface area contributed by atoms with Crippen LogP contribution in [0.4, 0.5) is 0 Å². The summed E-state index contributed by atoms with van der Waals surface area (Å²) in [5.74, 6) is 1.76. The van der Waals surface area contributed by atoms with Gasteiger partial charge in [-0.05, 0) is 75.5 Å². The highest BCUT2D eigenvalue weighted by atomic mass is 16.5. The van der Waals surface area contributed by atoms with E-state index < -0.39 is 0 Å². The summed E-state index contributed by atoms with van der Waals surface area (Å²) in [6.07, 6.45) is 5.31. The van der Waals surface area contributed by atoms with Crippen LogP contribution in [0.15, 0.2) is 24.3 Å². The smallest absolute Gasteiger partial charge is 0.119 e. The van der Waals surface area contributed by atoms with Gasteiger partial charge in [-0.3, -0.25) is 9.80 Å². The van der Waals surface area contributed by atoms with Crippen LogP contribution in [0.3, 0.4) is 0 Å². The summed E-state index contributed by atoms with van der Waals surface area (Å²) in [6, 6.07) is 9.32. The van der Waals surface area contributed by atoms with Gasteiger partial charge in [-0.2, -0.15) is 0 Å². The number of benzene rings is 1. The molecular weight excluding hydrogens is 362 g/mol. The number of hydrogen-bond acceptors (Lipinski definition) is 5. The van der Waals surface area contributed by atoms with Crippen LogP contribution >= 0.6 is 0 Å². The lowest BCUT2D eigenvalue weighted by atomic mass is 9.95. The minimum absolute atomic E-state index is 0.715. The first kappa shape index (κ1) is 22.5. The van der Waals surface area contributed by atoms with Crippen LogP contribution in [-0.4, -0.2) is 87.4 Å². The van der Waals surface area contributed by atoms with Crippen LogP contribution in [0.5, 0.6) is 5.75 Å². The molecule has 1 atom stereocenters. The maximum atomic E-state index is 5.46. The lowest BCUT2D eigenvalue weighted by Crippen LogP contribution is -2.44. The van der Waals surface area contributed by atoms with E-state index in [1.165, 1.54) is 70.5 Å². The zero-order valence-electron chi connectivity index (χ0n) is 18.8. The predicted octanol–water partition coefficient (Wildman–Crippen LogP) is 3.34. The molecule has 5 nitrogen and oxygen atoms in total. The number of nitrogens with zero attached hydrogens (tertiary/aromatic N) is 3. The lowest BCUT2D eigenvalue weighted by Gasteiger charge is -2.36. The molecular formula is C24H41N3O2. The number of hydrogen-bond donors (Lipinski definition) is 0. The van der Waals surface area contributed by atoms with Crippen LogP contribution in [0.25, 0.3) is 0 Å². The van der Waals surface area contributed by atoms with Gasteiger partial charge in [0.05, 0.1) is 13.7 Å². The Bertz CT molecular complexity index is 589. The second-order valence-electron chi connectivity index (χ2n) is 8.75. The number of methoxy groups -OCH3 is 2. The second-order valence-corrected chi connectivity index (χ2v) is 8.75. The summed E-state index contributed by atoms with van der Waals surface area (Å²) in [4.78, 5) is 7.96. The minimum atomic E-state index is 0.715. The molecule has 2 saturated heterocycles. The largest absolute Gasteiger partial charge is 0.497 e. The van der Waals surface area contributed by atoms with Crippen molar-refractivity contribution in [1.82, 2.24) is 14.7 Å². The average Bonchev–Trinajstić information content (AvgIpc) is 3.20. The molecule has 0 amide bonds. The van der Waals surface area contributed by atoms with Gasteiger partial charge in [-0.25, -0.2) is 0 Å².